The Morgan fingerprint density at radius 1 is 1.04 bits per heavy atom. The Bertz CT molecular complexity index is 803. The molecule has 0 bridgehead atoms. The smallest absolute Gasteiger partial charge is 0.225 e. The number of fused-ring (bicyclic) bond motifs is 1. The first kappa shape index (κ1) is 16.2. The molecular weight excluding hydrogens is 298 g/mol. The summed E-state index contributed by atoms with van der Waals surface area (Å²) in [6, 6.07) is 18.4. The largest absolute Gasteiger partial charge is 0.383 e. The van der Waals surface area contributed by atoms with Crippen LogP contribution >= 0.6 is 0 Å². The lowest BCUT2D eigenvalue weighted by Gasteiger charge is -2.22. The third-order valence-electron chi connectivity index (χ3n) is 3.89. The molecule has 3 aromatic rings. The van der Waals surface area contributed by atoms with Crippen LogP contribution in [-0.2, 0) is 6.54 Å². The molecule has 0 amide bonds. The Morgan fingerprint density at radius 2 is 1.75 bits per heavy atom. The van der Waals surface area contributed by atoms with Gasteiger partial charge in [0.05, 0.1) is 5.52 Å². The Balaban J connectivity index is 1.63. The predicted octanol–water partition coefficient (Wildman–Crippen LogP) is 3.14. The van der Waals surface area contributed by atoms with Crippen LogP contribution in [-0.4, -0.2) is 34.5 Å². The number of hydrogen-bond acceptors (Lipinski definition) is 5. The summed E-state index contributed by atoms with van der Waals surface area (Å²) >= 11 is 0. The van der Waals surface area contributed by atoms with Crippen molar-refractivity contribution >= 4 is 22.7 Å². The van der Waals surface area contributed by atoms with Gasteiger partial charge in [0.15, 0.2) is 0 Å². The molecule has 3 rings (SSSR count). The fourth-order valence-corrected chi connectivity index (χ4v) is 2.86. The quantitative estimate of drug-likeness (QED) is 0.730. The number of likely N-dealkylation sites (N-methyl/N-ethyl adjacent to an activating group) is 1. The number of aromatic nitrogens is 2. The third kappa shape index (κ3) is 4.00. The van der Waals surface area contributed by atoms with Crippen LogP contribution in [0.2, 0.25) is 0 Å². The first-order valence-corrected chi connectivity index (χ1v) is 8.13. The van der Waals surface area contributed by atoms with Gasteiger partial charge in [-0.05, 0) is 31.7 Å². The van der Waals surface area contributed by atoms with E-state index in [1.54, 1.807) is 0 Å². The van der Waals surface area contributed by atoms with Crippen molar-refractivity contribution < 1.29 is 0 Å². The van der Waals surface area contributed by atoms with E-state index in [-0.39, 0.29) is 6.04 Å². The molecule has 0 fully saturated rings. The lowest BCUT2D eigenvalue weighted by atomic mass is 10.2. The topological polar surface area (TPSA) is 67.1 Å². The van der Waals surface area contributed by atoms with Crippen LogP contribution in [0.1, 0.15) is 12.5 Å². The molecule has 0 saturated carbocycles. The minimum atomic E-state index is 0.208. The first-order valence-electron chi connectivity index (χ1n) is 8.13. The summed E-state index contributed by atoms with van der Waals surface area (Å²) in [7, 11) is 2.11. The molecule has 1 aromatic heterocycles. The van der Waals surface area contributed by atoms with Gasteiger partial charge in [0, 0.05) is 24.5 Å². The van der Waals surface area contributed by atoms with Gasteiger partial charge in [0.1, 0.15) is 5.82 Å². The Morgan fingerprint density at radius 3 is 2.54 bits per heavy atom. The van der Waals surface area contributed by atoms with E-state index in [2.05, 4.69) is 58.4 Å². The predicted molar refractivity (Wildman–Crippen MR) is 99.8 cm³/mol. The van der Waals surface area contributed by atoms with Crippen LogP contribution in [0.5, 0.6) is 0 Å². The summed E-state index contributed by atoms with van der Waals surface area (Å²) in [5.41, 5.74) is 8.20. The average Bonchev–Trinajstić information content (AvgIpc) is 2.55. The maximum atomic E-state index is 6.03. The molecule has 0 aliphatic rings. The Labute approximate surface area is 142 Å². The van der Waals surface area contributed by atoms with Gasteiger partial charge in [0.25, 0.3) is 0 Å². The van der Waals surface area contributed by atoms with Crippen LogP contribution in [0.3, 0.4) is 0 Å². The molecular formula is C19H23N5. The highest BCUT2D eigenvalue weighted by atomic mass is 15.2. The van der Waals surface area contributed by atoms with Crippen LogP contribution in [0, 0.1) is 0 Å². The second-order valence-corrected chi connectivity index (χ2v) is 6.18. The molecule has 1 unspecified atom stereocenters. The van der Waals surface area contributed by atoms with Crippen molar-refractivity contribution in [2.24, 2.45) is 0 Å². The molecule has 2 aromatic carbocycles. The van der Waals surface area contributed by atoms with Crippen molar-refractivity contribution in [1.82, 2.24) is 14.9 Å². The van der Waals surface area contributed by atoms with E-state index >= 15 is 0 Å². The van der Waals surface area contributed by atoms with Crippen molar-refractivity contribution in [1.29, 1.82) is 0 Å². The third-order valence-corrected chi connectivity index (χ3v) is 3.89. The number of hydrogen-bond donors (Lipinski definition) is 2. The van der Waals surface area contributed by atoms with Gasteiger partial charge >= 0.3 is 0 Å². The standard InChI is InChI=1S/C19H23N5/c1-14(12-24(2)13-15-8-4-3-5-9-15)21-19-22-17-11-7-6-10-16(17)18(20)23-19/h3-11,14H,12-13H2,1-2H3,(H3,20,21,22,23). The summed E-state index contributed by atoms with van der Waals surface area (Å²) in [6.45, 7) is 3.91. The zero-order valence-electron chi connectivity index (χ0n) is 14.1. The summed E-state index contributed by atoms with van der Waals surface area (Å²) in [6.07, 6.45) is 0. The van der Waals surface area contributed by atoms with E-state index in [4.69, 9.17) is 5.73 Å². The van der Waals surface area contributed by atoms with Crippen molar-refractivity contribution in [2.45, 2.75) is 19.5 Å². The summed E-state index contributed by atoms with van der Waals surface area (Å²) in [5, 5.41) is 4.23. The van der Waals surface area contributed by atoms with Gasteiger partial charge in [-0.2, -0.15) is 4.98 Å². The van der Waals surface area contributed by atoms with Crippen LogP contribution in [0.15, 0.2) is 54.6 Å². The van der Waals surface area contributed by atoms with E-state index < -0.39 is 0 Å². The van der Waals surface area contributed by atoms with Gasteiger partial charge in [-0.15, -0.1) is 0 Å². The number of benzene rings is 2. The highest BCUT2D eigenvalue weighted by Crippen LogP contribution is 2.19. The highest BCUT2D eigenvalue weighted by molar-refractivity contribution is 5.88. The van der Waals surface area contributed by atoms with E-state index in [9.17, 15) is 0 Å². The molecule has 0 aliphatic heterocycles. The fourth-order valence-electron chi connectivity index (χ4n) is 2.86. The molecule has 24 heavy (non-hydrogen) atoms. The molecule has 0 aliphatic carbocycles. The number of para-hydroxylation sites is 1. The summed E-state index contributed by atoms with van der Waals surface area (Å²) < 4.78 is 0. The molecule has 5 heteroatoms. The molecule has 5 nitrogen and oxygen atoms in total. The minimum absolute atomic E-state index is 0.208. The molecule has 3 N–H and O–H groups in total. The number of rotatable bonds is 6. The monoisotopic (exact) mass is 321 g/mol. The lowest BCUT2D eigenvalue weighted by Crippen LogP contribution is -2.32. The van der Waals surface area contributed by atoms with E-state index in [0.717, 1.165) is 24.0 Å². The molecule has 0 spiro atoms. The normalized spacial score (nSPS) is 12.5. The second-order valence-electron chi connectivity index (χ2n) is 6.18. The summed E-state index contributed by atoms with van der Waals surface area (Å²) in [5.74, 6) is 1.08. The Hall–Kier alpha value is -2.66. The zero-order valence-corrected chi connectivity index (χ0v) is 14.1. The second kappa shape index (κ2) is 7.27. The van der Waals surface area contributed by atoms with Gasteiger partial charge in [-0.1, -0.05) is 42.5 Å². The van der Waals surface area contributed by atoms with Gasteiger partial charge in [0.2, 0.25) is 5.95 Å². The average molecular weight is 321 g/mol. The number of nitrogens with zero attached hydrogens (tertiary/aromatic N) is 3. The van der Waals surface area contributed by atoms with Crippen LogP contribution < -0.4 is 11.1 Å². The molecule has 0 radical (unpaired) electrons. The van der Waals surface area contributed by atoms with Crippen LogP contribution in [0.25, 0.3) is 10.9 Å². The molecule has 124 valence electrons. The number of nitrogen functional groups attached to an aromatic ring is 1. The van der Waals surface area contributed by atoms with Gasteiger partial charge < -0.3 is 16.0 Å². The van der Waals surface area contributed by atoms with E-state index in [1.807, 2.05) is 30.3 Å². The summed E-state index contributed by atoms with van der Waals surface area (Å²) in [4.78, 5) is 11.2. The minimum Gasteiger partial charge on any atom is -0.383 e. The number of nitrogens with two attached hydrogens (primary N) is 1. The van der Waals surface area contributed by atoms with Gasteiger partial charge in [-0.3, -0.25) is 0 Å². The van der Waals surface area contributed by atoms with Crippen molar-refractivity contribution in [3.05, 3.63) is 60.2 Å². The molecule has 1 heterocycles. The van der Waals surface area contributed by atoms with E-state index in [0.29, 0.717) is 11.8 Å². The zero-order chi connectivity index (χ0) is 16.9. The molecule has 1 atom stereocenters. The number of anilines is 2. The SMILES string of the molecule is CC(CN(C)Cc1ccccc1)Nc1nc(N)c2ccccc2n1. The Kier molecular flexibility index (Phi) is 4.91. The fraction of sp³-hybridized carbons (Fsp3) is 0.263. The maximum Gasteiger partial charge on any atom is 0.225 e. The highest BCUT2D eigenvalue weighted by Gasteiger charge is 2.10. The lowest BCUT2D eigenvalue weighted by molar-refractivity contribution is 0.316. The van der Waals surface area contributed by atoms with E-state index in [1.165, 1.54) is 5.56 Å². The van der Waals surface area contributed by atoms with Crippen molar-refractivity contribution in [3.63, 3.8) is 0 Å². The van der Waals surface area contributed by atoms with Crippen molar-refractivity contribution in [3.8, 4) is 0 Å². The van der Waals surface area contributed by atoms with Gasteiger partial charge in [-0.25, -0.2) is 4.98 Å². The maximum absolute atomic E-state index is 6.03. The number of nitrogens with one attached hydrogen (secondary N) is 1. The van der Waals surface area contributed by atoms with Crippen molar-refractivity contribution in [2.75, 3.05) is 24.6 Å². The van der Waals surface area contributed by atoms with Crippen LogP contribution in [0.4, 0.5) is 11.8 Å². The first-order chi connectivity index (χ1) is 11.6. The molecule has 0 saturated heterocycles.